The molecule has 0 amide bonds. The topological polar surface area (TPSA) is 60.4 Å². The molecule has 1 aromatic carbocycles. The van der Waals surface area contributed by atoms with E-state index < -0.39 is 16.7 Å². The number of imidazole rings is 1. The van der Waals surface area contributed by atoms with Crippen LogP contribution < -0.4 is 0 Å². The Morgan fingerprint density at radius 2 is 1.82 bits per heavy atom. The van der Waals surface area contributed by atoms with Crippen molar-refractivity contribution in [3.05, 3.63) is 64.5 Å². The lowest BCUT2D eigenvalue weighted by molar-refractivity contribution is -0.384. The number of rotatable bonds is 2. The average Bonchev–Trinajstić information content (AvgIpc) is 2.89. The third-order valence-corrected chi connectivity index (χ3v) is 3.16. The van der Waals surface area contributed by atoms with Gasteiger partial charge in [0.25, 0.3) is 5.69 Å². The molecule has 3 aromatic rings. The fraction of sp³-hybridized carbons (Fsp3) is 0.0714. The lowest BCUT2D eigenvalue weighted by Crippen LogP contribution is -2.05. The minimum atomic E-state index is -4.43. The van der Waals surface area contributed by atoms with Crippen molar-refractivity contribution in [1.29, 1.82) is 0 Å². The third-order valence-electron chi connectivity index (χ3n) is 3.16. The summed E-state index contributed by atoms with van der Waals surface area (Å²) in [5, 5.41) is 10.6. The minimum absolute atomic E-state index is 0.0631. The predicted octanol–water partition coefficient (Wildman–Crippen LogP) is 3.93. The van der Waals surface area contributed by atoms with Gasteiger partial charge in [0.2, 0.25) is 0 Å². The smallest absolute Gasteiger partial charge is 0.306 e. The molecule has 3 rings (SSSR count). The highest BCUT2D eigenvalue weighted by molar-refractivity contribution is 5.64. The van der Waals surface area contributed by atoms with Gasteiger partial charge in [0, 0.05) is 30.1 Å². The molecule has 0 atom stereocenters. The van der Waals surface area contributed by atoms with E-state index in [1.807, 2.05) is 0 Å². The summed E-state index contributed by atoms with van der Waals surface area (Å²) in [6, 6.07) is 7.57. The highest BCUT2D eigenvalue weighted by atomic mass is 19.4. The number of nitro groups is 1. The number of alkyl halides is 3. The molecule has 112 valence electrons. The van der Waals surface area contributed by atoms with Crippen LogP contribution in [0.3, 0.4) is 0 Å². The van der Waals surface area contributed by atoms with E-state index in [1.54, 1.807) is 6.20 Å². The van der Waals surface area contributed by atoms with Crippen molar-refractivity contribution in [3.8, 4) is 11.3 Å². The summed E-state index contributed by atoms with van der Waals surface area (Å²) in [5.74, 6) is 0. The first-order chi connectivity index (χ1) is 10.3. The zero-order valence-electron chi connectivity index (χ0n) is 10.9. The van der Waals surface area contributed by atoms with Gasteiger partial charge in [-0.15, -0.1) is 0 Å². The van der Waals surface area contributed by atoms with Crippen molar-refractivity contribution in [3.63, 3.8) is 0 Å². The molecule has 0 aliphatic carbocycles. The largest absolute Gasteiger partial charge is 0.416 e. The first kappa shape index (κ1) is 14.1. The van der Waals surface area contributed by atoms with Crippen molar-refractivity contribution in [2.75, 3.05) is 0 Å². The van der Waals surface area contributed by atoms with E-state index in [4.69, 9.17) is 0 Å². The summed E-state index contributed by atoms with van der Waals surface area (Å²) in [4.78, 5) is 14.2. The fourth-order valence-corrected chi connectivity index (χ4v) is 2.05. The Labute approximate surface area is 121 Å². The lowest BCUT2D eigenvalue weighted by atomic mass is 10.1. The Kier molecular flexibility index (Phi) is 3.09. The molecule has 2 heterocycles. The first-order valence-electron chi connectivity index (χ1n) is 6.15. The SMILES string of the molecule is O=[N+]([O-])c1ccc(-c2cn3ccc(C(F)(F)F)cc3n2)cc1. The van der Waals surface area contributed by atoms with E-state index in [1.165, 1.54) is 34.9 Å². The molecule has 0 saturated carbocycles. The molecule has 0 aliphatic rings. The molecular formula is C14H8F3N3O2. The monoisotopic (exact) mass is 307 g/mol. The molecule has 0 unspecified atom stereocenters. The van der Waals surface area contributed by atoms with Crippen LogP contribution in [0, 0.1) is 10.1 Å². The van der Waals surface area contributed by atoms with E-state index in [0.717, 1.165) is 12.1 Å². The second kappa shape index (κ2) is 4.83. The number of nitrogens with zero attached hydrogens (tertiary/aromatic N) is 3. The Morgan fingerprint density at radius 1 is 1.14 bits per heavy atom. The summed E-state index contributed by atoms with van der Waals surface area (Å²) in [7, 11) is 0. The molecule has 0 fully saturated rings. The van der Waals surface area contributed by atoms with Crippen LogP contribution in [0.4, 0.5) is 18.9 Å². The first-order valence-corrected chi connectivity index (χ1v) is 6.15. The fourth-order valence-electron chi connectivity index (χ4n) is 2.05. The summed E-state index contributed by atoms with van der Waals surface area (Å²) in [6.07, 6.45) is -1.59. The third kappa shape index (κ3) is 2.50. The maximum absolute atomic E-state index is 12.7. The van der Waals surface area contributed by atoms with Gasteiger partial charge in [0.1, 0.15) is 5.65 Å². The van der Waals surface area contributed by atoms with E-state index >= 15 is 0 Å². The molecule has 22 heavy (non-hydrogen) atoms. The second-order valence-electron chi connectivity index (χ2n) is 4.61. The summed E-state index contributed by atoms with van der Waals surface area (Å²) >= 11 is 0. The van der Waals surface area contributed by atoms with Crippen LogP contribution in [0.1, 0.15) is 5.56 Å². The highest BCUT2D eigenvalue weighted by Crippen LogP contribution is 2.30. The lowest BCUT2D eigenvalue weighted by Gasteiger charge is -2.05. The average molecular weight is 307 g/mol. The van der Waals surface area contributed by atoms with E-state index in [0.29, 0.717) is 11.3 Å². The number of pyridine rings is 1. The molecule has 0 N–H and O–H groups in total. The number of hydrogen-bond donors (Lipinski definition) is 0. The molecule has 0 radical (unpaired) electrons. The molecule has 8 heteroatoms. The van der Waals surface area contributed by atoms with Gasteiger partial charge in [-0.05, 0) is 24.3 Å². The van der Waals surface area contributed by atoms with Crippen LogP contribution in [0.15, 0.2) is 48.8 Å². The molecule has 5 nitrogen and oxygen atoms in total. The molecule has 0 aliphatic heterocycles. The number of fused-ring (bicyclic) bond motifs is 1. The van der Waals surface area contributed by atoms with Crippen LogP contribution >= 0.6 is 0 Å². The van der Waals surface area contributed by atoms with Crippen LogP contribution in [-0.2, 0) is 6.18 Å². The highest BCUT2D eigenvalue weighted by Gasteiger charge is 2.30. The van der Waals surface area contributed by atoms with Crippen LogP contribution in [0.2, 0.25) is 0 Å². The number of halogens is 3. The molecule has 2 aromatic heterocycles. The van der Waals surface area contributed by atoms with Crippen molar-refractivity contribution in [2.45, 2.75) is 6.18 Å². The Bertz CT molecular complexity index is 854. The van der Waals surface area contributed by atoms with Gasteiger partial charge in [-0.25, -0.2) is 4.98 Å². The van der Waals surface area contributed by atoms with Crippen LogP contribution in [0.25, 0.3) is 16.9 Å². The zero-order valence-corrected chi connectivity index (χ0v) is 10.9. The number of benzene rings is 1. The quantitative estimate of drug-likeness (QED) is 0.532. The van der Waals surface area contributed by atoms with Gasteiger partial charge < -0.3 is 4.40 Å². The van der Waals surface area contributed by atoms with Gasteiger partial charge >= 0.3 is 6.18 Å². The maximum atomic E-state index is 12.7. The molecule has 0 spiro atoms. The molecular weight excluding hydrogens is 299 g/mol. The van der Waals surface area contributed by atoms with Crippen LogP contribution in [0.5, 0.6) is 0 Å². The maximum Gasteiger partial charge on any atom is 0.416 e. The van der Waals surface area contributed by atoms with E-state index in [-0.39, 0.29) is 11.3 Å². The van der Waals surface area contributed by atoms with Gasteiger partial charge in [-0.2, -0.15) is 13.2 Å². The predicted molar refractivity (Wildman–Crippen MR) is 72.3 cm³/mol. The number of aromatic nitrogens is 2. The summed E-state index contributed by atoms with van der Waals surface area (Å²) in [6.45, 7) is 0. The molecule has 0 bridgehead atoms. The second-order valence-corrected chi connectivity index (χ2v) is 4.61. The Balaban J connectivity index is 2.03. The minimum Gasteiger partial charge on any atom is -0.306 e. The van der Waals surface area contributed by atoms with Crippen molar-refractivity contribution in [2.24, 2.45) is 0 Å². The normalized spacial score (nSPS) is 11.8. The standard InChI is InChI=1S/C14H8F3N3O2/c15-14(16,17)10-5-6-19-8-12(18-13(19)7-10)9-1-3-11(4-2-9)20(21)22/h1-8H. The van der Waals surface area contributed by atoms with Gasteiger partial charge in [-0.3, -0.25) is 10.1 Å². The Hall–Kier alpha value is -2.90. The number of hydrogen-bond acceptors (Lipinski definition) is 3. The molecule has 0 saturated heterocycles. The van der Waals surface area contributed by atoms with Gasteiger partial charge in [0.05, 0.1) is 16.2 Å². The number of nitro benzene ring substituents is 1. The summed E-state index contributed by atoms with van der Waals surface area (Å²) < 4.78 is 39.5. The van der Waals surface area contributed by atoms with Crippen molar-refractivity contribution in [1.82, 2.24) is 9.38 Å². The summed E-state index contributed by atoms with van der Waals surface area (Å²) in [5.41, 5.74) is 0.341. The van der Waals surface area contributed by atoms with Gasteiger partial charge in [-0.1, -0.05) is 0 Å². The van der Waals surface area contributed by atoms with Gasteiger partial charge in [0.15, 0.2) is 0 Å². The van der Waals surface area contributed by atoms with Crippen LogP contribution in [-0.4, -0.2) is 14.3 Å². The van der Waals surface area contributed by atoms with Crippen molar-refractivity contribution < 1.29 is 18.1 Å². The van der Waals surface area contributed by atoms with E-state index in [9.17, 15) is 23.3 Å². The Morgan fingerprint density at radius 3 is 2.41 bits per heavy atom. The zero-order chi connectivity index (χ0) is 15.9. The number of non-ortho nitro benzene ring substituents is 1. The van der Waals surface area contributed by atoms with E-state index in [2.05, 4.69) is 4.98 Å². The van der Waals surface area contributed by atoms with Crippen molar-refractivity contribution >= 4 is 11.3 Å².